The molecular formula is C31H21ClN4O6. The zero-order chi connectivity index (χ0) is 29.2. The van der Waals surface area contributed by atoms with Crippen molar-refractivity contribution in [3.63, 3.8) is 0 Å². The van der Waals surface area contributed by atoms with E-state index in [9.17, 15) is 14.9 Å². The van der Waals surface area contributed by atoms with Crippen molar-refractivity contribution in [2.24, 2.45) is 5.10 Å². The van der Waals surface area contributed by atoms with Gasteiger partial charge in [-0.1, -0.05) is 41.9 Å². The fraction of sp³-hybridized carbons (Fsp3) is 0.0645. The maximum Gasteiger partial charge on any atom is 0.311 e. The van der Waals surface area contributed by atoms with E-state index >= 15 is 0 Å². The van der Waals surface area contributed by atoms with Crippen LogP contribution in [0.2, 0.25) is 5.02 Å². The Bertz CT molecular complexity index is 2050. The van der Waals surface area contributed by atoms with Crippen LogP contribution in [0.1, 0.15) is 11.1 Å². The average molecular weight is 581 g/mol. The number of furan rings is 1. The number of fused-ring (bicyclic) bond motifs is 2. The van der Waals surface area contributed by atoms with E-state index in [0.29, 0.717) is 44.0 Å². The van der Waals surface area contributed by atoms with Crippen LogP contribution >= 0.6 is 11.6 Å². The van der Waals surface area contributed by atoms with Gasteiger partial charge >= 0.3 is 5.69 Å². The predicted molar refractivity (Wildman–Crippen MR) is 160 cm³/mol. The molecule has 0 unspecified atom stereocenters. The van der Waals surface area contributed by atoms with E-state index in [1.54, 1.807) is 86.0 Å². The molecule has 0 aliphatic rings. The van der Waals surface area contributed by atoms with Gasteiger partial charge in [0.05, 0.1) is 34.5 Å². The zero-order valence-electron chi connectivity index (χ0n) is 22.1. The minimum absolute atomic E-state index is 0.0913. The topological polar surface area (TPSA) is 122 Å². The molecule has 0 saturated carbocycles. The van der Waals surface area contributed by atoms with Crippen molar-refractivity contribution in [3.05, 3.63) is 128 Å². The molecule has 2 heterocycles. The van der Waals surface area contributed by atoms with Gasteiger partial charge in [0, 0.05) is 16.7 Å². The van der Waals surface area contributed by atoms with Crippen molar-refractivity contribution >= 4 is 45.4 Å². The van der Waals surface area contributed by atoms with Crippen LogP contribution in [0.4, 0.5) is 5.69 Å². The molecule has 4 aromatic carbocycles. The molecule has 0 aliphatic heterocycles. The first-order valence-corrected chi connectivity index (χ1v) is 13.1. The van der Waals surface area contributed by atoms with Crippen molar-refractivity contribution in [1.82, 2.24) is 9.66 Å². The minimum Gasteiger partial charge on any atom is -0.496 e. The Kier molecular flexibility index (Phi) is 7.12. The monoisotopic (exact) mass is 580 g/mol. The van der Waals surface area contributed by atoms with Crippen LogP contribution in [-0.4, -0.2) is 27.9 Å². The second kappa shape index (κ2) is 11.2. The van der Waals surface area contributed by atoms with Gasteiger partial charge in [0.1, 0.15) is 17.9 Å². The smallest absolute Gasteiger partial charge is 0.311 e. The Balaban J connectivity index is 1.39. The summed E-state index contributed by atoms with van der Waals surface area (Å²) in [5.74, 6) is 1.15. The fourth-order valence-corrected chi connectivity index (χ4v) is 4.58. The van der Waals surface area contributed by atoms with E-state index in [2.05, 4.69) is 10.1 Å². The van der Waals surface area contributed by atoms with E-state index in [1.807, 2.05) is 0 Å². The molecule has 0 fully saturated rings. The van der Waals surface area contributed by atoms with Crippen molar-refractivity contribution in [3.8, 4) is 23.1 Å². The lowest BCUT2D eigenvalue weighted by atomic mass is 10.2. The number of nitro groups is 1. The third-order valence-electron chi connectivity index (χ3n) is 6.53. The molecule has 11 heteroatoms. The van der Waals surface area contributed by atoms with Gasteiger partial charge in [0.15, 0.2) is 11.5 Å². The largest absolute Gasteiger partial charge is 0.496 e. The number of ether oxygens (including phenoxy) is 2. The third kappa shape index (κ3) is 5.18. The first-order valence-electron chi connectivity index (χ1n) is 12.7. The molecule has 208 valence electrons. The van der Waals surface area contributed by atoms with Gasteiger partial charge in [0.2, 0.25) is 5.82 Å². The molecule has 0 N–H and O–H groups in total. The van der Waals surface area contributed by atoms with Crippen LogP contribution in [0.5, 0.6) is 11.5 Å². The summed E-state index contributed by atoms with van der Waals surface area (Å²) in [4.78, 5) is 29.5. The summed E-state index contributed by atoms with van der Waals surface area (Å²) >= 11 is 5.92. The van der Waals surface area contributed by atoms with Gasteiger partial charge in [-0.3, -0.25) is 14.9 Å². The molecule has 6 rings (SSSR count). The summed E-state index contributed by atoms with van der Waals surface area (Å²) in [5, 5.41) is 17.9. The fourth-order valence-electron chi connectivity index (χ4n) is 4.46. The number of halogens is 1. The van der Waals surface area contributed by atoms with Gasteiger partial charge in [0.25, 0.3) is 5.56 Å². The lowest BCUT2D eigenvalue weighted by Crippen LogP contribution is -2.20. The summed E-state index contributed by atoms with van der Waals surface area (Å²) in [7, 11) is 1.56. The Morgan fingerprint density at radius 1 is 1.00 bits per heavy atom. The molecule has 6 aromatic rings. The highest BCUT2D eigenvalue weighted by molar-refractivity contribution is 6.30. The molecule has 0 saturated heterocycles. The maximum atomic E-state index is 13.6. The summed E-state index contributed by atoms with van der Waals surface area (Å²) < 4.78 is 18.3. The van der Waals surface area contributed by atoms with Crippen LogP contribution in [-0.2, 0) is 6.61 Å². The molecular weight excluding hydrogens is 560 g/mol. The number of hydrogen-bond donors (Lipinski definition) is 0. The summed E-state index contributed by atoms with van der Waals surface area (Å²) in [6.07, 6.45) is 1.35. The lowest BCUT2D eigenvalue weighted by Gasteiger charge is -2.08. The van der Waals surface area contributed by atoms with Gasteiger partial charge in [-0.25, -0.2) is 4.98 Å². The molecule has 0 amide bonds. The molecule has 0 radical (unpaired) electrons. The average Bonchev–Trinajstić information content (AvgIpc) is 3.45. The molecule has 0 atom stereocenters. The number of benzene rings is 4. The van der Waals surface area contributed by atoms with E-state index in [0.717, 1.165) is 10.2 Å². The standard InChI is InChI=1S/C31H21ClN4O6/c1-40-26-7-4-8-27-23(26)16-29(42-27)30-34-24-6-3-2-5-22(24)31(37)35(30)33-17-20-11-14-28(25(15-20)36(38)39)41-18-19-9-12-21(32)13-10-19/h2-17H,18H2,1H3. The SMILES string of the molecule is COc1cccc2oc(-c3nc4ccccc4c(=O)n3N=Cc3ccc(OCc4ccc(Cl)cc4)c([N+](=O)[O-])c3)cc12. The number of nitro benzene ring substituents is 1. The minimum atomic E-state index is -0.536. The molecule has 2 aromatic heterocycles. The summed E-state index contributed by atoms with van der Waals surface area (Å²) in [6.45, 7) is 0.120. The van der Waals surface area contributed by atoms with E-state index in [1.165, 1.54) is 18.3 Å². The Labute approximate surface area is 243 Å². The number of para-hydroxylation sites is 1. The Morgan fingerprint density at radius 3 is 2.60 bits per heavy atom. The highest BCUT2D eigenvalue weighted by Gasteiger charge is 2.19. The molecule has 0 spiro atoms. The zero-order valence-corrected chi connectivity index (χ0v) is 22.8. The van der Waals surface area contributed by atoms with Gasteiger partial charge in [-0.2, -0.15) is 9.78 Å². The van der Waals surface area contributed by atoms with Gasteiger partial charge in [-0.05, 0) is 60.2 Å². The molecule has 0 bridgehead atoms. The van der Waals surface area contributed by atoms with Crippen molar-refractivity contribution in [1.29, 1.82) is 0 Å². The van der Waals surface area contributed by atoms with Crippen LogP contribution in [0.3, 0.4) is 0 Å². The van der Waals surface area contributed by atoms with Crippen LogP contribution in [0.25, 0.3) is 33.5 Å². The van der Waals surface area contributed by atoms with Crippen molar-refractivity contribution in [2.45, 2.75) is 6.61 Å². The summed E-state index contributed by atoms with van der Waals surface area (Å²) in [6, 6.07) is 25.4. The van der Waals surface area contributed by atoms with Crippen LogP contribution in [0.15, 0.2) is 105 Å². The molecule has 42 heavy (non-hydrogen) atoms. The maximum absolute atomic E-state index is 13.6. The number of aromatic nitrogens is 2. The first-order chi connectivity index (χ1) is 20.4. The van der Waals surface area contributed by atoms with Crippen LogP contribution in [0, 0.1) is 10.1 Å². The van der Waals surface area contributed by atoms with Gasteiger partial charge < -0.3 is 13.9 Å². The third-order valence-corrected chi connectivity index (χ3v) is 6.78. The van der Waals surface area contributed by atoms with E-state index in [4.69, 9.17) is 25.5 Å². The Hall–Kier alpha value is -5.48. The number of rotatable bonds is 8. The second-order valence-corrected chi connectivity index (χ2v) is 9.63. The number of nitrogens with zero attached hydrogens (tertiary/aromatic N) is 4. The second-order valence-electron chi connectivity index (χ2n) is 9.20. The molecule has 10 nitrogen and oxygen atoms in total. The highest BCUT2D eigenvalue weighted by atomic mass is 35.5. The predicted octanol–water partition coefficient (Wildman–Crippen LogP) is 6.84. The van der Waals surface area contributed by atoms with Crippen LogP contribution < -0.4 is 15.0 Å². The number of methoxy groups -OCH3 is 1. The number of hydrogen-bond acceptors (Lipinski definition) is 8. The quantitative estimate of drug-likeness (QED) is 0.110. The van der Waals surface area contributed by atoms with Crippen molar-refractivity contribution in [2.75, 3.05) is 7.11 Å². The highest BCUT2D eigenvalue weighted by Crippen LogP contribution is 2.33. The molecule has 0 aliphatic carbocycles. The van der Waals surface area contributed by atoms with Crippen molar-refractivity contribution < 1.29 is 18.8 Å². The van der Waals surface area contributed by atoms with Gasteiger partial charge in [-0.15, -0.1) is 0 Å². The normalized spacial score (nSPS) is 11.4. The van der Waals surface area contributed by atoms with E-state index in [-0.39, 0.29) is 23.9 Å². The Morgan fingerprint density at radius 2 is 1.81 bits per heavy atom. The van der Waals surface area contributed by atoms with E-state index < -0.39 is 10.5 Å². The first kappa shape index (κ1) is 26.7. The summed E-state index contributed by atoms with van der Waals surface area (Å²) in [5.41, 5.74) is 1.51. The lowest BCUT2D eigenvalue weighted by molar-refractivity contribution is -0.385.